The van der Waals surface area contributed by atoms with Crippen LogP contribution in [0.5, 0.6) is 5.75 Å². The van der Waals surface area contributed by atoms with Crippen molar-refractivity contribution in [2.45, 2.75) is 0 Å². The van der Waals surface area contributed by atoms with Gasteiger partial charge in [0.15, 0.2) is 0 Å². The van der Waals surface area contributed by atoms with Crippen molar-refractivity contribution >= 4 is 43.4 Å². The summed E-state index contributed by atoms with van der Waals surface area (Å²) in [6.45, 7) is 0.137. The van der Waals surface area contributed by atoms with Gasteiger partial charge in [-0.2, -0.15) is 0 Å². The Balaban J connectivity index is 1.96. The number of ether oxygens (including phenoxy) is 1. The van der Waals surface area contributed by atoms with E-state index in [-0.39, 0.29) is 12.2 Å². The van der Waals surface area contributed by atoms with E-state index in [9.17, 15) is 4.79 Å². The van der Waals surface area contributed by atoms with E-state index in [1.165, 1.54) is 22.2 Å². The number of terminal acetylenes is 1. The highest BCUT2D eigenvalue weighted by molar-refractivity contribution is 7.25. The van der Waals surface area contributed by atoms with Gasteiger partial charge in [0.2, 0.25) is 0 Å². The Labute approximate surface area is 151 Å². The Kier molecular flexibility index (Phi) is 3.88. The van der Waals surface area contributed by atoms with Gasteiger partial charge >= 0.3 is 0 Å². The maximum atomic E-state index is 12.9. The highest BCUT2D eigenvalue weighted by Crippen LogP contribution is 2.35. The molecule has 0 atom stereocenters. The normalized spacial score (nSPS) is 10.9. The van der Waals surface area contributed by atoms with Gasteiger partial charge in [0.1, 0.15) is 33.7 Å². The largest absolute Gasteiger partial charge is 0.480 e. The monoisotopic (exact) mass is 367 g/mol. The second-order valence-corrected chi connectivity index (χ2v) is 6.59. The molecule has 0 unspecified atom stereocenters. The molecular weight excluding hydrogens is 358 g/mol. The molecule has 0 aliphatic rings. The van der Waals surface area contributed by atoms with Crippen molar-refractivity contribution in [3.05, 3.63) is 58.2 Å². The lowest BCUT2D eigenvalue weighted by Gasteiger charge is -2.06. The van der Waals surface area contributed by atoms with Gasteiger partial charge in [-0.15, -0.1) is 17.8 Å². The van der Waals surface area contributed by atoms with E-state index >= 15 is 0 Å². The minimum atomic E-state index is -0.168. The average Bonchev–Trinajstić information content (AvgIpc) is 3.01. The number of fused-ring (bicyclic) bond motifs is 3. The molecule has 5 nitrogen and oxygen atoms in total. The zero-order valence-electron chi connectivity index (χ0n) is 12.8. The van der Waals surface area contributed by atoms with Gasteiger partial charge in [-0.05, 0) is 30.3 Å². The SMILES string of the molecule is C#CCOc1ccnc2sc3c(=O)n(-c4ccc(Cl)cc4)cnc3c12. The standard InChI is InChI=1S/C18H10ClN3O2S/c1-2-9-24-13-7-8-20-17-14(13)15-16(25-17)18(23)22(10-21-15)12-5-3-11(19)4-6-12/h1,3-8,10H,9H2. The van der Waals surface area contributed by atoms with Crippen molar-refractivity contribution in [1.82, 2.24) is 14.5 Å². The zero-order chi connectivity index (χ0) is 17.4. The van der Waals surface area contributed by atoms with Crippen LogP contribution in [-0.2, 0) is 0 Å². The molecule has 0 aliphatic heterocycles. The fourth-order valence-corrected chi connectivity index (χ4v) is 3.72. The third kappa shape index (κ3) is 2.64. The van der Waals surface area contributed by atoms with Crippen LogP contribution in [0.1, 0.15) is 0 Å². The van der Waals surface area contributed by atoms with E-state index in [4.69, 9.17) is 22.8 Å². The second kappa shape index (κ2) is 6.20. The third-order valence-corrected chi connectivity index (χ3v) is 4.99. The molecule has 4 aromatic rings. The molecule has 0 aliphatic carbocycles. The lowest BCUT2D eigenvalue weighted by molar-refractivity contribution is 0.375. The number of aromatic nitrogens is 3. The fourth-order valence-electron chi connectivity index (χ4n) is 2.55. The first kappa shape index (κ1) is 15.6. The summed E-state index contributed by atoms with van der Waals surface area (Å²) in [7, 11) is 0. The predicted molar refractivity (Wildman–Crippen MR) is 99.9 cm³/mol. The van der Waals surface area contributed by atoms with Gasteiger partial charge < -0.3 is 4.74 Å². The maximum absolute atomic E-state index is 12.9. The quantitative estimate of drug-likeness (QED) is 0.518. The van der Waals surface area contributed by atoms with Crippen LogP contribution in [0, 0.1) is 12.3 Å². The molecule has 4 rings (SSSR count). The Morgan fingerprint density at radius 3 is 2.80 bits per heavy atom. The van der Waals surface area contributed by atoms with Crippen LogP contribution in [0.2, 0.25) is 5.02 Å². The Hall–Kier alpha value is -2.88. The first-order chi connectivity index (χ1) is 12.2. The van der Waals surface area contributed by atoms with Crippen molar-refractivity contribution in [2.75, 3.05) is 6.61 Å². The first-order valence-electron chi connectivity index (χ1n) is 7.30. The van der Waals surface area contributed by atoms with Gasteiger partial charge in [-0.25, -0.2) is 9.97 Å². The van der Waals surface area contributed by atoms with Crippen LogP contribution in [0.25, 0.3) is 26.1 Å². The third-order valence-electron chi connectivity index (χ3n) is 3.66. The van der Waals surface area contributed by atoms with Crippen molar-refractivity contribution < 1.29 is 4.74 Å². The lowest BCUT2D eigenvalue weighted by Crippen LogP contribution is -2.17. The number of rotatable bonds is 3. The second-order valence-electron chi connectivity index (χ2n) is 5.16. The summed E-state index contributed by atoms with van der Waals surface area (Å²) in [6, 6.07) is 8.71. The van der Waals surface area contributed by atoms with Crippen LogP contribution >= 0.6 is 22.9 Å². The fraction of sp³-hybridized carbons (Fsp3) is 0.0556. The van der Waals surface area contributed by atoms with E-state index in [2.05, 4.69) is 15.9 Å². The van der Waals surface area contributed by atoms with Crippen LogP contribution in [-0.4, -0.2) is 21.1 Å². The molecule has 3 heterocycles. The van der Waals surface area contributed by atoms with Gasteiger partial charge in [0, 0.05) is 11.2 Å². The number of nitrogens with zero attached hydrogens (tertiary/aromatic N) is 3. The highest BCUT2D eigenvalue weighted by Gasteiger charge is 2.16. The van der Waals surface area contributed by atoms with Gasteiger partial charge in [0.05, 0.1) is 11.1 Å². The Morgan fingerprint density at radius 1 is 1.24 bits per heavy atom. The van der Waals surface area contributed by atoms with E-state index in [1.54, 1.807) is 36.5 Å². The van der Waals surface area contributed by atoms with Gasteiger partial charge in [-0.3, -0.25) is 9.36 Å². The van der Waals surface area contributed by atoms with Crippen LogP contribution in [0.3, 0.4) is 0 Å². The molecule has 7 heteroatoms. The summed E-state index contributed by atoms with van der Waals surface area (Å²) in [6.07, 6.45) is 8.39. The molecule has 0 N–H and O–H groups in total. The highest BCUT2D eigenvalue weighted by atomic mass is 35.5. The number of halogens is 1. The summed E-state index contributed by atoms with van der Waals surface area (Å²) < 4.78 is 7.56. The van der Waals surface area contributed by atoms with Gasteiger partial charge in [0.25, 0.3) is 5.56 Å². The summed E-state index contributed by atoms with van der Waals surface area (Å²) in [5, 5.41) is 1.31. The summed E-state index contributed by atoms with van der Waals surface area (Å²) >= 11 is 7.19. The molecule has 0 amide bonds. The topological polar surface area (TPSA) is 57.0 Å². The molecule has 122 valence electrons. The molecular formula is C18H10ClN3O2S. The van der Waals surface area contributed by atoms with E-state index in [0.29, 0.717) is 36.9 Å². The molecule has 0 radical (unpaired) electrons. The minimum Gasteiger partial charge on any atom is -0.480 e. The maximum Gasteiger partial charge on any atom is 0.275 e. The number of hydrogen-bond acceptors (Lipinski definition) is 5. The van der Waals surface area contributed by atoms with Crippen molar-refractivity contribution in [3.63, 3.8) is 0 Å². The number of benzene rings is 1. The minimum absolute atomic E-state index is 0.137. The van der Waals surface area contributed by atoms with E-state index < -0.39 is 0 Å². The van der Waals surface area contributed by atoms with E-state index in [0.717, 1.165) is 0 Å². The Morgan fingerprint density at radius 2 is 2.04 bits per heavy atom. The smallest absolute Gasteiger partial charge is 0.275 e. The molecule has 3 aromatic heterocycles. The van der Waals surface area contributed by atoms with Crippen molar-refractivity contribution in [2.24, 2.45) is 0 Å². The van der Waals surface area contributed by atoms with E-state index in [1.807, 2.05) is 0 Å². The molecule has 0 fully saturated rings. The summed E-state index contributed by atoms with van der Waals surface area (Å²) in [5.41, 5.74) is 1.09. The Bertz CT molecular complexity index is 1190. The lowest BCUT2D eigenvalue weighted by atomic mass is 10.2. The first-order valence-corrected chi connectivity index (χ1v) is 8.49. The number of pyridine rings is 1. The van der Waals surface area contributed by atoms with Crippen molar-refractivity contribution in [1.29, 1.82) is 0 Å². The molecule has 0 bridgehead atoms. The molecule has 1 aromatic carbocycles. The van der Waals surface area contributed by atoms with Crippen LogP contribution in [0.15, 0.2) is 47.7 Å². The summed E-state index contributed by atoms with van der Waals surface area (Å²) in [4.78, 5) is 22.4. The van der Waals surface area contributed by atoms with Crippen LogP contribution in [0.4, 0.5) is 0 Å². The molecule has 0 saturated carbocycles. The summed E-state index contributed by atoms with van der Waals surface area (Å²) in [5.74, 6) is 3.01. The van der Waals surface area contributed by atoms with Gasteiger partial charge in [-0.1, -0.05) is 17.5 Å². The number of thiophene rings is 1. The predicted octanol–water partition coefficient (Wildman–Crippen LogP) is 3.66. The number of hydrogen-bond donors (Lipinski definition) is 0. The van der Waals surface area contributed by atoms with Crippen molar-refractivity contribution in [3.8, 4) is 23.8 Å². The molecule has 0 spiro atoms. The molecule has 0 saturated heterocycles. The molecule has 25 heavy (non-hydrogen) atoms. The van der Waals surface area contributed by atoms with Crippen LogP contribution < -0.4 is 10.3 Å². The zero-order valence-corrected chi connectivity index (χ0v) is 14.3. The average molecular weight is 368 g/mol.